The summed E-state index contributed by atoms with van der Waals surface area (Å²) in [5.41, 5.74) is 0. The Kier molecular flexibility index (Phi) is 4.14. The molecule has 1 atom stereocenters. The van der Waals surface area contributed by atoms with Gasteiger partial charge >= 0.3 is 5.97 Å². The topological polar surface area (TPSA) is 40.5 Å². The second kappa shape index (κ2) is 5.41. The molecule has 2 aliphatic rings. The van der Waals surface area contributed by atoms with Crippen molar-refractivity contribution < 1.29 is 9.90 Å². The van der Waals surface area contributed by atoms with Crippen molar-refractivity contribution in [3.63, 3.8) is 0 Å². The summed E-state index contributed by atoms with van der Waals surface area (Å²) in [6.45, 7) is 0. The van der Waals surface area contributed by atoms with E-state index >= 15 is 0 Å². The number of carboxylic acids is 1. The molecule has 2 fully saturated rings. The van der Waals surface area contributed by atoms with Gasteiger partial charge in [0.05, 0.1) is 5.92 Å². The minimum Gasteiger partial charge on any atom is -0.481 e. The van der Waals surface area contributed by atoms with Crippen LogP contribution in [-0.2, 0) is 4.79 Å². The monoisotopic (exact) mass is 243 g/mol. The van der Waals surface area contributed by atoms with Crippen LogP contribution in [0.5, 0.6) is 0 Å². The standard InChI is InChI=1S/C12H21NO2S/c1-13(11-6-7-16-8-11)10-4-2-9(3-5-10)12(14)15/h9-11H,2-8H2,1H3,(H,14,15)/t9?,10?,11-/m1/s1. The van der Waals surface area contributed by atoms with E-state index < -0.39 is 5.97 Å². The fraction of sp³-hybridized carbons (Fsp3) is 0.917. The summed E-state index contributed by atoms with van der Waals surface area (Å²) in [5, 5.41) is 8.96. The molecular formula is C12H21NO2S. The van der Waals surface area contributed by atoms with E-state index in [1.54, 1.807) is 0 Å². The molecule has 0 amide bonds. The third-order valence-electron chi connectivity index (χ3n) is 4.10. The van der Waals surface area contributed by atoms with Gasteiger partial charge in [-0.25, -0.2) is 0 Å². The Hall–Kier alpha value is -0.220. The van der Waals surface area contributed by atoms with Crippen molar-refractivity contribution in [3.8, 4) is 0 Å². The highest BCUT2D eigenvalue weighted by Crippen LogP contribution is 2.31. The van der Waals surface area contributed by atoms with E-state index in [1.165, 1.54) is 17.9 Å². The van der Waals surface area contributed by atoms with Gasteiger partial charge in [-0.2, -0.15) is 11.8 Å². The molecule has 16 heavy (non-hydrogen) atoms. The third-order valence-corrected chi connectivity index (χ3v) is 5.25. The van der Waals surface area contributed by atoms with Crippen LogP contribution >= 0.6 is 11.8 Å². The zero-order valence-electron chi connectivity index (χ0n) is 9.89. The number of hydrogen-bond donors (Lipinski definition) is 1. The normalized spacial score (nSPS) is 35.5. The number of thioether (sulfide) groups is 1. The molecule has 0 aromatic rings. The highest BCUT2D eigenvalue weighted by Gasteiger charge is 2.31. The number of nitrogens with zero attached hydrogens (tertiary/aromatic N) is 1. The second-order valence-electron chi connectivity index (χ2n) is 5.03. The van der Waals surface area contributed by atoms with Gasteiger partial charge in [0.15, 0.2) is 0 Å². The van der Waals surface area contributed by atoms with Gasteiger partial charge < -0.3 is 5.11 Å². The van der Waals surface area contributed by atoms with Crippen molar-refractivity contribution in [1.29, 1.82) is 0 Å². The van der Waals surface area contributed by atoms with Gasteiger partial charge in [0.25, 0.3) is 0 Å². The Morgan fingerprint density at radius 1 is 1.19 bits per heavy atom. The Balaban J connectivity index is 1.81. The largest absolute Gasteiger partial charge is 0.481 e. The molecule has 0 unspecified atom stereocenters. The van der Waals surface area contributed by atoms with E-state index in [0.29, 0.717) is 6.04 Å². The first-order valence-electron chi connectivity index (χ1n) is 6.21. The lowest BCUT2D eigenvalue weighted by molar-refractivity contribution is -0.143. The maximum absolute atomic E-state index is 10.9. The Bertz CT molecular complexity index is 245. The summed E-state index contributed by atoms with van der Waals surface area (Å²) in [6.07, 6.45) is 5.16. The van der Waals surface area contributed by atoms with E-state index in [4.69, 9.17) is 5.11 Å². The second-order valence-corrected chi connectivity index (χ2v) is 6.18. The number of carboxylic acid groups (broad SMARTS) is 1. The minimum absolute atomic E-state index is 0.0809. The van der Waals surface area contributed by atoms with Crippen LogP contribution < -0.4 is 0 Å². The molecule has 1 saturated carbocycles. The van der Waals surface area contributed by atoms with Gasteiger partial charge in [0, 0.05) is 17.8 Å². The van der Waals surface area contributed by atoms with Crippen LogP contribution in [0.2, 0.25) is 0 Å². The van der Waals surface area contributed by atoms with Crippen molar-refractivity contribution in [3.05, 3.63) is 0 Å². The van der Waals surface area contributed by atoms with Gasteiger partial charge in [-0.3, -0.25) is 9.69 Å². The summed E-state index contributed by atoms with van der Waals surface area (Å²) in [6, 6.07) is 1.36. The zero-order valence-corrected chi connectivity index (χ0v) is 10.7. The molecule has 0 aromatic heterocycles. The fourth-order valence-electron chi connectivity index (χ4n) is 2.87. The number of hydrogen-bond acceptors (Lipinski definition) is 3. The molecule has 1 saturated heterocycles. The molecule has 1 heterocycles. The van der Waals surface area contributed by atoms with Crippen LogP contribution in [0.25, 0.3) is 0 Å². The van der Waals surface area contributed by atoms with Gasteiger partial charge in [-0.1, -0.05) is 0 Å². The van der Waals surface area contributed by atoms with Gasteiger partial charge in [-0.15, -0.1) is 0 Å². The number of carbonyl (C=O) groups is 1. The summed E-state index contributed by atoms with van der Waals surface area (Å²) in [7, 11) is 2.22. The summed E-state index contributed by atoms with van der Waals surface area (Å²) in [5.74, 6) is 1.87. The predicted octanol–water partition coefficient (Wildman–Crippen LogP) is 2.07. The Labute approximate surface area is 102 Å². The van der Waals surface area contributed by atoms with E-state index in [0.717, 1.165) is 31.7 Å². The summed E-state index contributed by atoms with van der Waals surface area (Å²) >= 11 is 2.04. The summed E-state index contributed by atoms with van der Waals surface area (Å²) < 4.78 is 0. The molecule has 92 valence electrons. The van der Waals surface area contributed by atoms with Crippen LogP contribution in [0.4, 0.5) is 0 Å². The van der Waals surface area contributed by atoms with Gasteiger partial charge in [-0.05, 0) is 44.9 Å². The molecule has 3 nitrogen and oxygen atoms in total. The Morgan fingerprint density at radius 3 is 2.38 bits per heavy atom. The SMILES string of the molecule is CN(C1CCC(C(=O)O)CC1)[C@@H]1CCSC1. The van der Waals surface area contributed by atoms with Gasteiger partial charge in [0.1, 0.15) is 0 Å². The van der Waals surface area contributed by atoms with Crippen LogP contribution in [0.15, 0.2) is 0 Å². The zero-order chi connectivity index (χ0) is 11.5. The van der Waals surface area contributed by atoms with E-state index in [9.17, 15) is 4.79 Å². The van der Waals surface area contributed by atoms with Crippen LogP contribution in [-0.4, -0.2) is 46.6 Å². The van der Waals surface area contributed by atoms with Crippen LogP contribution in [0, 0.1) is 5.92 Å². The molecule has 2 rings (SSSR count). The number of aliphatic carboxylic acids is 1. The molecule has 4 heteroatoms. The van der Waals surface area contributed by atoms with E-state index in [-0.39, 0.29) is 5.92 Å². The highest BCUT2D eigenvalue weighted by molar-refractivity contribution is 7.99. The van der Waals surface area contributed by atoms with E-state index in [2.05, 4.69) is 11.9 Å². The fourth-order valence-corrected chi connectivity index (χ4v) is 4.15. The van der Waals surface area contributed by atoms with Crippen molar-refractivity contribution in [1.82, 2.24) is 4.90 Å². The quantitative estimate of drug-likeness (QED) is 0.824. The molecule has 0 spiro atoms. The average molecular weight is 243 g/mol. The predicted molar refractivity (Wildman–Crippen MR) is 66.9 cm³/mol. The minimum atomic E-state index is -0.600. The van der Waals surface area contributed by atoms with Gasteiger partial charge in [0.2, 0.25) is 0 Å². The van der Waals surface area contributed by atoms with E-state index in [1.807, 2.05) is 11.8 Å². The van der Waals surface area contributed by atoms with Crippen LogP contribution in [0.1, 0.15) is 32.1 Å². The lowest BCUT2D eigenvalue weighted by Crippen LogP contribution is -2.42. The third kappa shape index (κ3) is 2.72. The molecular weight excluding hydrogens is 222 g/mol. The van der Waals surface area contributed by atoms with Crippen molar-refractivity contribution in [2.75, 3.05) is 18.6 Å². The van der Waals surface area contributed by atoms with Crippen molar-refractivity contribution in [2.45, 2.75) is 44.2 Å². The first kappa shape index (κ1) is 12.2. The molecule has 0 aromatic carbocycles. The lowest BCUT2D eigenvalue weighted by atomic mass is 9.85. The molecule has 0 bridgehead atoms. The summed E-state index contributed by atoms with van der Waals surface area (Å²) in [4.78, 5) is 13.4. The molecule has 1 N–H and O–H groups in total. The molecule has 1 aliphatic heterocycles. The lowest BCUT2D eigenvalue weighted by Gasteiger charge is -2.36. The Morgan fingerprint density at radius 2 is 1.88 bits per heavy atom. The smallest absolute Gasteiger partial charge is 0.306 e. The van der Waals surface area contributed by atoms with Crippen molar-refractivity contribution in [2.24, 2.45) is 5.92 Å². The highest BCUT2D eigenvalue weighted by atomic mass is 32.2. The maximum Gasteiger partial charge on any atom is 0.306 e. The van der Waals surface area contributed by atoms with Crippen molar-refractivity contribution >= 4 is 17.7 Å². The van der Waals surface area contributed by atoms with Crippen LogP contribution in [0.3, 0.4) is 0 Å². The maximum atomic E-state index is 10.9. The first-order valence-corrected chi connectivity index (χ1v) is 7.36. The average Bonchev–Trinajstić information content (AvgIpc) is 2.81. The molecule has 1 aliphatic carbocycles. The molecule has 0 radical (unpaired) electrons. The number of rotatable bonds is 3. The first-order chi connectivity index (χ1) is 7.68.